The zero-order valence-electron chi connectivity index (χ0n) is 11.9. The van der Waals surface area contributed by atoms with E-state index in [4.69, 9.17) is 5.73 Å². The molecule has 1 saturated carbocycles. The molecule has 100 valence electrons. The van der Waals surface area contributed by atoms with E-state index < -0.39 is 0 Å². The highest BCUT2D eigenvalue weighted by Gasteiger charge is 2.42. The molecule has 2 heteroatoms. The molecule has 2 rings (SSSR count). The van der Waals surface area contributed by atoms with Crippen LogP contribution in [0.1, 0.15) is 38.2 Å². The van der Waals surface area contributed by atoms with Crippen LogP contribution in [0.25, 0.3) is 0 Å². The fourth-order valence-electron chi connectivity index (χ4n) is 3.21. The highest BCUT2D eigenvalue weighted by molar-refractivity contribution is 5.25. The Kier molecular flexibility index (Phi) is 3.79. The average Bonchev–Trinajstić information content (AvgIpc) is 2.40. The van der Waals surface area contributed by atoms with E-state index in [1.165, 1.54) is 31.2 Å². The standard InChI is InChI=1S/C16H26N2/c1-15(13-17)9-11-16(12-10-15,18(2)3)14-7-5-4-6-8-14/h4-8H,9-13,17H2,1-3H3. The Bertz CT molecular complexity index is 375. The van der Waals surface area contributed by atoms with Crippen LogP contribution in [-0.4, -0.2) is 25.5 Å². The van der Waals surface area contributed by atoms with Gasteiger partial charge in [-0.2, -0.15) is 0 Å². The number of hydrogen-bond acceptors (Lipinski definition) is 2. The number of nitrogens with zero attached hydrogens (tertiary/aromatic N) is 1. The SMILES string of the molecule is CN(C)C1(c2ccccc2)CCC(C)(CN)CC1. The van der Waals surface area contributed by atoms with Gasteiger partial charge in [-0.1, -0.05) is 37.3 Å². The zero-order chi connectivity index (χ0) is 13.2. The van der Waals surface area contributed by atoms with Gasteiger partial charge in [0, 0.05) is 5.54 Å². The summed E-state index contributed by atoms with van der Waals surface area (Å²) in [5.74, 6) is 0. The quantitative estimate of drug-likeness (QED) is 0.888. The molecule has 1 fully saturated rings. The molecule has 0 aromatic heterocycles. The lowest BCUT2D eigenvalue weighted by atomic mass is 9.65. The fourth-order valence-corrected chi connectivity index (χ4v) is 3.21. The first kappa shape index (κ1) is 13.6. The molecule has 2 N–H and O–H groups in total. The molecular weight excluding hydrogens is 220 g/mol. The van der Waals surface area contributed by atoms with Gasteiger partial charge in [0.15, 0.2) is 0 Å². The van der Waals surface area contributed by atoms with Crippen LogP contribution >= 0.6 is 0 Å². The highest BCUT2D eigenvalue weighted by atomic mass is 15.1. The van der Waals surface area contributed by atoms with Gasteiger partial charge >= 0.3 is 0 Å². The molecule has 1 aromatic rings. The van der Waals surface area contributed by atoms with Crippen molar-refractivity contribution in [3.63, 3.8) is 0 Å². The molecule has 0 amide bonds. The Morgan fingerprint density at radius 2 is 1.61 bits per heavy atom. The molecular formula is C16H26N2. The fraction of sp³-hybridized carbons (Fsp3) is 0.625. The third kappa shape index (κ3) is 2.32. The van der Waals surface area contributed by atoms with Gasteiger partial charge in [-0.05, 0) is 57.3 Å². The zero-order valence-corrected chi connectivity index (χ0v) is 11.9. The van der Waals surface area contributed by atoms with Crippen LogP contribution in [0, 0.1) is 5.41 Å². The molecule has 0 heterocycles. The molecule has 0 saturated heterocycles. The number of rotatable bonds is 3. The van der Waals surface area contributed by atoms with Crippen LogP contribution < -0.4 is 5.73 Å². The summed E-state index contributed by atoms with van der Waals surface area (Å²) in [6, 6.07) is 10.9. The molecule has 0 unspecified atom stereocenters. The van der Waals surface area contributed by atoms with Gasteiger partial charge < -0.3 is 5.73 Å². The number of nitrogens with two attached hydrogens (primary N) is 1. The van der Waals surface area contributed by atoms with Crippen molar-refractivity contribution < 1.29 is 0 Å². The van der Waals surface area contributed by atoms with E-state index in [0.29, 0.717) is 5.41 Å². The topological polar surface area (TPSA) is 29.3 Å². The van der Waals surface area contributed by atoms with Gasteiger partial charge in [0.2, 0.25) is 0 Å². The summed E-state index contributed by atoms with van der Waals surface area (Å²) < 4.78 is 0. The molecule has 18 heavy (non-hydrogen) atoms. The maximum absolute atomic E-state index is 5.93. The first-order valence-electron chi connectivity index (χ1n) is 6.95. The van der Waals surface area contributed by atoms with E-state index in [0.717, 1.165) is 6.54 Å². The van der Waals surface area contributed by atoms with E-state index in [1.54, 1.807) is 0 Å². The van der Waals surface area contributed by atoms with Gasteiger partial charge in [-0.15, -0.1) is 0 Å². The minimum absolute atomic E-state index is 0.204. The van der Waals surface area contributed by atoms with Crippen molar-refractivity contribution in [2.24, 2.45) is 11.1 Å². The van der Waals surface area contributed by atoms with E-state index in [-0.39, 0.29) is 5.54 Å². The molecule has 0 bridgehead atoms. The lowest BCUT2D eigenvalue weighted by Crippen LogP contribution is -2.47. The first-order valence-corrected chi connectivity index (χ1v) is 6.95. The average molecular weight is 246 g/mol. The van der Waals surface area contributed by atoms with Crippen molar-refractivity contribution in [2.45, 2.75) is 38.1 Å². The Morgan fingerprint density at radius 3 is 2.06 bits per heavy atom. The molecule has 1 aliphatic carbocycles. The van der Waals surface area contributed by atoms with Crippen molar-refractivity contribution in [1.29, 1.82) is 0 Å². The lowest BCUT2D eigenvalue weighted by molar-refractivity contribution is 0.0462. The molecule has 0 radical (unpaired) electrons. The highest BCUT2D eigenvalue weighted by Crippen LogP contribution is 2.47. The third-order valence-electron chi connectivity index (χ3n) is 4.94. The minimum atomic E-state index is 0.204. The maximum atomic E-state index is 5.93. The molecule has 0 atom stereocenters. The summed E-state index contributed by atoms with van der Waals surface area (Å²) in [5, 5.41) is 0. The van der Waals surface area contributed by atoms with Crippen LogP contribution in [0.4, 0.5) is 0 Å². The van der Waals surface area contributed by atoms with Crippen molar-refractivity contribution >= 4 is 0 Å². The van der Waals surface area contributed by atoms with Gasteiger partial charge in [-0.3, -0.25) is 4.90 Å². The van der Waals surface area contributed by atoms with Crippen molar-refractivity contribution in [2.75, 3.05) is 20.6 Å². The second-order valence-electron chi connectivity index (χ2n) is 6.31. The summed E-state index contributed by atoms with van der Waals surface area (Å²) in [6.07, 6.45) is 4.85. The Hall–Kier alpha value is -0.860. The molecule has 0 spiro atoms. The van der Waals surface area contributed by atoms with Crippen LogP contribution in [0.2, 0.25) is 0 Å². The Labute approximate surface area is 111 Å². The largest absolute Gasteiger partial charge is 0.330 e. The Balaban J connectivity index is 2.27. The first-order chi connectivity index (χ1) is 8.52. The summed E-state index contributed by atoms with van der Waals surface area (Å²) in [6.45, 7) is 3.14. The maximum Gasteiger partial charge on any atom is 0.0455 e. The van der Waals surface area contributed by atoms with Crippen LogP contribution in [-0.2, 0) is 5.54 Å². The van der Waals surface area contributed by atoms with Crippen LogP contribution in [0.15, 0.2) is 30.3 Å². The van der Waals surface area contributed by atoms with Gasteiger partial charge in [0.1, 0.15) is 0 Å². The van der Waals surface area contributed by atoms with Gasteiger partial charge in [0.05, 0.1) is 0 Å². The summed E-state index contributed by atoms with van der Waals surface area (Å²) in [5.41, 5.74) is 7.93. The summed E-state index contributed by atoms with van der Waals surface area (Å²) in [7, 11) is 4.41. The second-order valence-corrected chi connectivity index (χ2v) is 6.31. The van der Waals surface area contributed by atoms with Crippen molar-refractivity contribution in [1.82, 2.24) is 4.90 Å². The summed E-state index contributed by atoms with van der Waals surface area (Å²) >= 11 is 0. The van der Waals surface area contributed by atoms with Gasteiger partial charge in [0.25, 0.3) is 0 Å². The van der Waals surface area contributed by atoms with Crippen molar-refractivity contribution in [3.05, 3.63) is 35.9 Å². The van der Waals surface area contributed by atoms with Gasteiger partial charge in [-0.25, -0.2) is 0 Å². The van der Waals surface area contributed by atoms with Crippen molar-refractivity contribution in [3.8, 4) is 0 Å². The molecule has 0 aliphatic heterocycles. The normalized spacial score (nSPS) is 32.7. The van der Waals surface area contributed by atoms with E-state index in [1.807, 2.05) is 0 Å². The molecule has 1 aromatic carbocycles. The smallest absolute Gasteiger partial charge is 0.0455 e. The predicted octanol–water partition coefficient (Wildman–Crippen LogP) is 2.98. The molecule has 2 nitrogen and oxygen atoms in total. The Morgan fingerprint density at radius 1 is 1.06 bits per heavy atom. The summed E-state index contributed by atoms with van der Waals surface area (Å²) in [4.78, 5) is 2.40. The molecule has 1 aliphatic rings. The number of hydrogen-bond donors (Lipinski definition) is 1. The van der Waals surface area contributed by atoms with Crippen LogP contribution in [0.3, 0.4) is 0 Å². The minimum Gasteiger partial charge on any atom is -0.330 e. The predicted molar refractivity (Wildman–Crippen MR) is 77.4 cm³/mol. The van der Waals surface area contributed by atoms with Crippen LogP contribution in [0.5, 0.6) is 0 Å². The van der Waals surface area contributed by atoms with E-state index in [2.05, 4.69) is 56.3 Å². The second kappa shape index (κ2) is 5.02. The lowest BCUT2D eigenvalue weighted by Gasteiger charge is -2.48. The third-order valence-corrected chi connectivity index (χ3v) is 4.94. The van der Waals surface area contributed by atoms with E-state index >= 15 is 0 Å². The van der Waals surface area contributed by atoms with E-state index in [9.17, 15) is 0 Å². The number of benzene rings is 1. The monoisotopic (exact) mass is 246 g/mol.